The van der Waals surface area contributed by atoms with Crippen LogP contribution in [0.4, 0.5) is 0 Å². The lowest BCUT2D eigenvalue weighted by molar-refractivity contribution is 0.0935. The van der Waals surface area contributed by atoms with E-state index in [4.69, 9.17) is 0 Å². The van der Waals surface area contributed by atoms with Gasteiger partial charge in [0.15, 0.2) is 0 Å². The topological polar surface area (TPSA) is 42.0 Å². The summed E-state index contributed by atoms with van der Waals surface area (Å²) in [7, 11) is 0. The molecule has 1 aromatic heterocycles. The van der Waals surface area contributed by atoms with E-state index in [1.54, 1.807) is 10.9 Å². The Morgan fingerprint density at radius 1 is 1.41 bits per heavy atom. The maximum atomic E-state index is 11.8. The van der Waals surface area contributed by atoms with E-state index >= 15 is 0 Å². The number of nitrogens with zero attached hydrogens (tertiary/aromatic N) is 1. The SMILES string of the molecule is Cc1ccccc1C(C)NC(=O)c1cscn1. The number of carbonyl (C=O) groups is 1. The zero-order valence-electron chi connectivity index (χ0n) is 9.81. The number of amides is 1. The Morgan fingerprint density at radius 2 is 2.18 bits per heavy atom. The summed E-state index contributed by atoms with van der Waals surface area (Å²) in [6.07, 6.45) is 0. The maximum absolute atomic E-state index is 11.8. The highest BCUT2D eigenvalue weighted by atomic mass is 32.1. The summed E-state index contributed by atoms with van der Waals surface area (Å²) >= 11 is 1.42. The van der Waals surface area contributed by atoms with Gasteiger partial charge in [0.2, 0.25) is 0 Å². The first-order valence-corrected chi connectivity index (χ1v) is 6.37. The highest BCUT2D eigenvalue weighted by molar-refractivity contribution is 7.07. The number of aryl methyl sites for hydroxylation is 1. The first-order valence-electron chi connectivity index (χ1n) is 5.43. The van der Waals surface area contributed by atoms with Gasteiger partial charge in [0.1, 0.15) is 5.69 Å². The van der Waals surface area contributed by atoms with Crippen LogP contribution in [0.15, 0.2) is 35.2 Å². The second-order valence-corrected chi connectivity index (χ2v) is 4.64. The third-order valence-electron chi connectivity index (χ3n) is 2.67. The summed E-state index contributed by atoms with van der Waals surface area (Å²) in [5.41, 5.74) is 4.46. The van der Waals surface area contributed by atoms with E-state index in [0.717, 1.165) is 5.56 Å². The van der Waals surface area contributed by atoms with Crippen LogP contribution < -0.4 is 5.32 Å². The minimum atomic E-state index is -0.123. The van der Waals surface area contributed by atoms with E-state index in [-0.39, 0.29) is 11.9 Å². The van der Waals surface area contributed by atoms with Crippen molar-refractivity contribution in [1.82, 2.24) is 10.3 Å². The molecule has 4 heteroatoms. The fourth-order valence-corrected chi connectivity index (χ4v) is 2.28. The fraction of sp³-hybridized carbons (Fsp3) is 0.231. The number of carbonyl (C=O) groups excluding carboxylic acids is 1. The third kappa shape index (κ3) is 2.71. The van der Waals surface area contributed by atoms with Crippen molar-refractivity contribution in [3.63, 3.8) is 0 Å². The lowest BCUT2D eigenvalue weighted by atomic mass is 10.0. The van der Waals surface area contributed by atoms with Crippen molar-refractivity contribution >= 4 is 17.2 Å². The molecule has 0 fully saturated rings. The highest BCUT2D eigenvalue weighted by Gasteiger charge is 2.13. The molecule has 1 N–H and O–H groups in total. The molecule has 1 atom stereocenters. The summed E-state index contributed by atoms with van der Waals surface area (Å²) in [6.45, 7) is 4.02. The second kappa shape index (κ2) is 5.10. The standard InChI is InChI=1S/C13H14N2OS/c1-9-5-3-4-6-11(9)10(2)15-13(16)12-7-17-8-14-12/h3-8,10H,1-2H3,(H,15,16). The Balaban J connectivity index is 2.10. The number of aromatic nitrogens is 1. The zero-order valence-corrected chi connectivity index (χ0v) is 10.6. The van der Waals surface area contributed by atoms with Crippen molar-refractivity contribution < 1.29 is 4.79 Å². The van der Waals surface area contributed by atoms with Crippen LogP contribution in [0.3, 0.4) is 0 Å². The van der Waals surface area contributed by atoms with Crippen LogP contribution in [0.1, 0.15) is 34.6 Å². The van der Waals surface area contributed by atoms with Crippen molar-refractivity contribution in [3.8, 4) is 0 Å². The monoisotopic (exact) mass is 246 g/mol. The van der Waals surface area contributed by atoms with Gasteiger partial charge < -0.3 is 5.32 Å². The van der Waals surface area contributed by atoms with Gasteiger partial charge in [-0.1, -0.05) is 24.3 Å². The van der Waals surface area contributed by atoms with Crippen LogP contribution in [0.5, 0.6) is 0 Å². The minimum absolute atomic E-state index is 0.00889. The number of hydrogen-bond acceptors (Lipinski definition) is 3. The largest absolute Gasteiger partial charge is 0.344 e. The van der Waals surface area contributed by atoms with Gasteiger partial charge in [-0.3, -0.25) is 4.79 Å². The third-order valence-corrected chi connectivity index (χ3v) is 3.25. The van der Waals surface area contributed by atoms with Gasteiger partial charge >= 0.3 is 0 Å². The van der Waals surface area contributed by atoms with Gasteiger partial charge in [-0.15, -0.1) is 11.3 Å². The van der Waals surface area contributed by atoms with Crippen molar-refractivity contribution in [1.29, 1.82) is 0 Å². The smallest absolute Gasteiger partial charge is 0.271 e. The Bertz CT molecular complexity index is 508. The van der Waals surface area contributed by atoms with Crippen LogP contribution in [-0.4, -0.2) is 10.9 Å². The molecule has 1 unspecified atom stereocenters. The normalized spacial score (nSPS) is 12.1. The average Bonchev–Trinajstić information content (AvgIpc) is 2.82. The summed E-state index contributed by atoms with van der Waals surface area (Å²) in [5.74, 6) is -0.123. The Morgan fingerprint density at radius 3 is 2.82 bits per heavy atom. The molecule has 0 saturated carbocycles. The summed E-state index contributed by atoms with van der Waals surface area (Å²) in [4.78, 5) is 15.8. The predicted octanol–water partition coefficient (Wildman–Crippen LogP) is 2.94. The van der Waals surface area contributed by atoms with Gasteiger partial charge in [0.05, 0.1) is 11.6 Å². The molecule has 2 aromatic rings. The van der Waals surface area contributed by atoms with E-state index in [9.17, 15) is 4.79 Å². The van der Waals surface area contributed by atoms with Gasteiger partial charge in [-0.05, 0) is 25.0 Å². The van der Waals surface area contributed by atoms with Crippen LogP contribution in [0.2, 0.25) is 0 Å². The predicted molar refractivity (Wildman–Crippen MR) is 69.2 cm³/mol. The quantitative estimate of drug-likeness (QED) is 0.904. The molecule has 0 spiro atoms. The van der Waals surface area contributed by atoms with Gasteiger partial charge in [-0.25, -0.2) is 4.98 Å². The van der Waals surface area contributed by atoms with E-state index in [1.807, 2.05) is 38.1 Å². The highest BCUT2D eigenvalue weighted by Crippen LogP contribution is 2.17. The summed E-state index contributed by atoms with van der Waals surface area (Å²) < 4.78 is 0. The molecule has 88 valence electrons. The molecular weight excluding hydrogens is 232 g/mol. The molecule has 0 aliphatic rings. The molecule has 0 aliphatic carbocycles. The average molecular weight is 246 g/mol. The number of benzene rings is 1. The maximum Gasteiger partial charge on any atom is 0.271 e. The first-order chi connectivity index (χ1) is 8.18. The molecule has 0 radical (unpaired) electrons. The molecule has 1 amide bonds. The van der Waals surface area contributed by atoms with Crippen molar-refractivity contribution in [2.24, 2.45) is 0 Å². The summed E-state index contributed by atoms with van der Waals surface area (Å²) in [6, 6.07) is 8.04. The molecule has 1 aromatic carbocycles. The molecule has 17 heavy (non-hydrogen) atoms. The van der Waals surface area contributed by atoms with Crippen molar-refractivity contribution in [2.75, 3.05) is 0 Å². The molecular formula is C13H14N2OS. The van der Waals surface area contributed by atoms with Gasteiger partial charge in [0.25, 0.3) is 5.91 Å². The fourth-order valence-electron chi connectivity index (χ4n) is 1.75. The molecule has 0 aliphatic heterocycles. The van der Waals surface area contributed by atoms with Crippen molar-refractivity contribution in [3.05, 3.63) is 52.0 Å². The molecule has 0 bridgehead atoms. The molecule has 1 heterocycles. The number of thiazole rings is 1. The lowest BCUT2D eigenvalue weighted by Crippen LogP contribution is -2.27. The van der Waals surface area contributed by atoms with E-state index < -0.39 is 0 Å². The van der Waals surface area contributed by atoms with Crippen LogP contribution in [0.25, 0.3) is 0 Å². The summed E-state index contributed by atoms with van der Waals surface area (Å²) in [5, 5.41) is 4.69. The molecule has 3 nitrogen and oxygen atoms in total. The van der Waals surface area contributed by atoms with Gasteiger partial charge in [0, 0.05) is 5.38 Å². The zero-order chi connectivity index (χ0) is 12.3. The van der Waals surface area contributed by atoms with E-state index in [1.165, 1.54) is 16.9 Å². The van der Waals surface area contributed by atoms with E-state index in [0.29, 0.717) is 5.69 Å². The van der Waals surface area contributed by atoms with E-state index in [2.05, 4.69) is 10.3 Å². The number of nitrogens with one attached hydrogen (secondary N) is 1. The number of hydrogen-bond donors (Lipinski definition) is 1. The Kier molecular flexibility index (Phi) is 3.54. The second-order valence-electron chi connectivity index (χ2n) is 3.93. The molecule has 2 rings (SSSR count). The van der Waals surface area contributed by atoms with Crippen LogP contribution >= 0.6 is 11.3 Å². The van der Waals surface area contributed by atoms with Gasteiger partial charge in [-0.2, -0.15) is 0 Å². The Hall–Kier alpha value is -1.68. The number of rotatable bonds is 3. The van der Waals surface area contributed by atoms with Crippen LogP contribution in [0, 0.1) is 6.92 Å². The minimum Gasteiger partial charge on any atom is -0.344 e. The van der Waals surface area contributed by atoms with Crippen LogP contribution in [-0.2, 0) is 0 Å². The molecule has 0 saturated heterocycles. The first kappa shape index (κ1) is 11.8. The Labute approximate surface area is 105 Å². The lowest BCUT2D eigenvalue weighted by Gasteiger charge is -2.15. The van der Waals surface area contributed by atoms with Crippen molar-refractivity contribution in [2.45, 2.75) is 19.9 Å².